The van der Waals surface area contributed by atoms with Crippen LogP contribution in [0, 0.1) is 0 Å². The molecule has 0 aliphatic carbocycles. The minimum atomic E-state index is -0.269. The molecule has 1 aromatic heterocycles. The summed E-state index contributed by atoms with van der Waals surface area (Å²) in [6.45, 7) is 4.65. The van der Waals surface area contributed by atoms with E-state index in [9.17, 15) is 4.79 Å². The van der Waals surface area contributed by atoms with E-state index in [0.717, 1.165) is 12.2 Å². The summed E-state index contributed by atoms with van der Waals surface area (Å²) in [7, 11) is 2.00. The van der Waals surface area contributed by atoms with Gasteiger partial charge in [-0.1, -0.05) is 42.5 Å². The highest BCUT2D eigenvalue weighted by Gasteiger charge is 2.13. The second kappa shape index (κ2) is 9.04. The van der Waals surface area contributed by atoms with Gasteiger partial charge in [-0.3, -0.25) is 9.78 Å². The van der Waals surface area contributed by atoms with Crippen molar-refractivity contribution in [2.45, 2.75) is 26.5 Å². The van der Waals surface area contributed by atoms with Gasteiger partial charge in [-0.05, 0) is 43.7 Å². The molecule has 144 valence electrons. The summed E-state index contributed by atoms with van der Waals surface area (Å²) in [5.41, 5.74) is 3.12. The molecule has 3 rings (SSSR count). The molecule has 0 fully saturated rings. The number of amides is 1. The van der Waals surface area contributed by atoms with Gasteiger partial charge in [-0.15, -0.1) is 0 Å². The number of nitrogens with one attached hydrogen (secondary N) is 1. The number of benzene rings is 2. The van der Waals surface area contributed by atoms with Gasteiger partial charge in [0, 0.05) is 25.5 Å². The third-order valence-electron chi connectivity index (χ3n) is 4.18. The lowest BCUT2D eigenvalue weighted by atomic mass is 10.2. The maximum atomic E-state index is 12.7. The van der Waals surface area contributed by atoms with Crippen LogP contribution >= 0.6 is 0 Å². The predicted octanol–water partition coefficient (Wildman–Crippen LogP) is 4.76. The second-order valence-corrected chi connectivity index (χ2v) is 6.86. The van der Waals surface area contributed by atoms with Crippen molar-refractivity contribution in [1.82, 2.24) is 4.98 Å². The zero-order valence-electron chi connectivity index (χ0n) is 16.4. The van der Waals surface area contributed by atoms with Crippen molar-refractivity contribution in [2.24, 2.45) is 0 Å². The van der Waals surface area contributed by atoms with Crippen LogP contribution in [0.15, 0.2) is 72.9 Å². The van der Waals surface area contributed by atoms with Crippen LogP contribution in [0.25, 0.3) is 0 Å². The summed E-state index contributed by atoms with van der Waals surface area (Å²) >= 11 is 0. The molecule has 0 radical (unpaired) electrons. The fraction of sp³-hybridized carbons (Fsp3) is 0.217. The summed E-state index contributed by atoms with van der Waals surface area (Å²) in [6.07, 6.45) is 1.67. The maximum Gasteiger partial charge on any atom is 0.274 e. The lowest BCUT2D eigenvalue weighted by Crippen LogP contribution is -2.19. The van der Waals surface area contributed by atoms with E-state index >= 15 is 0 Å². The number of pyridine rings is 1. The van der Waals surface area contributed by atoms with Crippen LogP contribution in [-0.4, -0.2) is 24.0 Å². The zero-order chi connectivity index (χ0) is 19.9. The minimum Gasteiger partial charge on any atom is -0.489 e. The molecule has 0 spiro atoms. The highest BCUT2D eigenvalue weighted by molar-refractivity contribution is 6.04. The number of para-hydroxylation sites is 2. The molecule has 2 aromatic carbocycles. The van der Waals surface area contributed by atoms with E-state index in [2.05, 4.69) is 27.3 Å². The molecule has 0 aliphatic rings. The van der Waals surface area contributed by atoms with Gasteiger partial charge >= 0.3 is 0 Å². The number of aromatic nitrogens is 1. The normalized spacial score (nSPS) is 10.6. The first-order chi connectivity index (χ1) is 13.5. The maximum absolute atomic E-state index is 12.7. The molecular weight excluding hydrogens is 350 g/mol. The number of nitrogens with zero attached hydrogens (tertiary/aromatic N) is 2. The van der Waals surface area contributed by atoms with Gasteiger partial charge < -0.3 is 15.0 Å². The van der Waals surface area contributed by atoms with E-state index in [4.69, 9.17) is 4.74 Å². The van der Waals surface area contributed by atoms with Gasteiger partial charge in [0.05, 0.1) is 11.8 Å². The molecule has 5 nitrogen and oxygen atoms in total. The zero-order valence-corrected chi connectivity index (χ0v) is 16.4. The Morgan fingerprint density at radius 1 is 1.07 bits per heavy atom. The molecule has 1 heterocycles. The van der Waals surface area contributed by atoms with Crippen molar-refractivity contribution in [3.63, 3.8) is 0 Å². The molecule has 0 saturated heterocycles. The third-order valence-corrected chi connectivity index (χ3v) is 4.18. The number of hydrogen-bond donors (Lipinski definition) is 1. The van der Waals surface area contributed by atoms with Crippen LogP contribution in [0.2, 0.25) is 0 Å². The number of carbonyl (C=O) groups excluding carboxylic acids is 1. The highest BCUT2D eigenvalue weighted by Crippen LogP contribution is 2.25. The molecule has 28 heavy (non-hydrogen) atoms. The van der Waals surface area contributed by atoms with E-state index in [1.165, 1.54) is 5.56 Å². The number of anilines is 2. The molecule has 1 amide bonds. The van der Waals surface area contributed by atoms with Crippen LogP contribution < -0.4 is 15.0 Å². The number of carbonyl (C=O) groups is 1. The number of hydrogen-bond acceptors (Lipinski definition) is 4. The lowest BCUT2D eigenvalue weighted by Gasteiger charge is -2.20. The van der Waals surface area contributed by atoms with Gasteiger partial charge in [0.15, 0.2) is 0 Å². The number of ether oxygens (including phenoxy) is 1. The van der Waals surface area contributed by atoms with E-state index in [1.807, 2.05) is 69.4 Å². The summed E-state index contributed by atoms with van der Waals surface area (Å²) in [5, 5.41) is 2.90. The Morgan fingerprint density at radius 2 is 1.79 bits per heavy atom. The van der Waals surface area contributed by atoms with Gasteiger partial charge in [-0.2, -0.15) is 0 Å². The smallest absolute Gasteiger partial charge is 0.274 e. The second-order valence-electron chi connectivity index (χ2n) is 6.86. The van der Waals surface area contributed by atoms with Crippen LogP contribution in [0.3, 0.4) is 0 Å². The van der Waals surface area contributed by atoms with Crippen molar-refractivity contribution in [1.29, 1.82) is 0 Å². The quantitative estimate of drug-likeness (QED) is 0.647. The Morgan fingerprint density at radius 3 is 2.54 bits per heavy atom. The minimum absolute atomic E-state index is 0.0196. The summed E-state index contributed by atoms with van der Waals surface area (Å²) in [4.78, 5) is 19.1. The predicted molar refractivity (Wildman–Crippen MR) is 113 cm³/mol. The average Bonchev–Trinajstić information content (AvgIpc) is 2.70. The summed E-state index contributed by atoms with van der Waals surface area (Å²) in [5.74, 6) is 0.373. The van der Waals surface area contributed by atoms with Gasteiger partial charge in [0.2, 0.25) is 0 Å². The SMILES string of the molecule is CC(C)Oc1ccccc1NC(=O)c1cc(N(C)Cc2ccccc2)ccn1. The van der Waals surface area contributed by atoms with E-state index in [1.54, 1.807) is 12.3 Å². The van der Waals surface area contributed by atoms with E-state index in [0.29, 0.717) is 17.1 Å². The Hall–Kier alpha value is -3.34. The van der Waals surface area contributed by atoms with Crippen LogP contribution in [0.1, 0.15) is 29.9 Å². The third kappa shape index (κ3) is 5.10. The molecule has 5 heteroatoms. The Bertz CT molecular complexity index is 926. The van der Waals surface area contributed by atoms with Gasteiger partial charge in [-0.25, -0.2) is 0 Å². The van der Waals surface area contributed by atoms with E-state index in [-0.39, 0.29) is 12.0 Å². The monoisotopic (exact) mass is 375 g/mol. The molecule has 1 N–H and O–H groups in total. The molecule has 0 saturated carbocycles. The molecule has 0 bridgehead atoms. The van der Waals surface area contributed by atoms with Crippen molar-refractivity contribution in [2.75, 3.05) is 17.3 Å². The van der Waals surface area contributed by atoms with Gasteiger partial charge in [0.1, 0.15) is 11.4 Å². The Kier molecular flexibility index (Phi) is 6.27. The van der Waals surface area contributed by atoms with Crippen molar-refractivity contribution in [3.05, 3.63) is 84.2 Å². The molecule has 3 aromatic rings. The average molecular weight is 375 g/mol. The first-order valence-electron chi connectivity index (χ1n) is 9.31. The summed E-state index contributed by atoms with van der Waals surface area (Å²) < 4.78 is 5.77. The topological polar surface area (TPSA) is 54.5 Å². The molecular formula is C23H25N3O2. The first-order valence-corrected chi connectivity index (χ1v) is 9.31. The first kappa shape index (κ1) is 19.4. The lowest BCUT2D eigenvalue weighted by molar-refractivity contribution is 0.102. The standard InChI is InChI=1S/C23H25N3O2/c1-17(2)28-22-12-8-7-11-20(22)25-23(27)21-15-19(13-14-24-21)26(3)16-18-9-5-4-6-10-18/h4-15,17H,16H2,1-3H3,(H,25,27). The van der Waals surface area contributed by atoms with Crippen molar-refractivity contribution in [3.8, 4) is 5.75 Å². The van der Waals surface area contributed by atoms with Gasteiger partial charge in [0.25, 0.3) is 5.91 Å². The Labute approximate surface area is 166 Å². The molecule has 0 atom stereocenters. The highest BCUT2D eigenvalue weighted by atomic mass is 16.5. The number of rotatable bonds is 7. The largest absolute Gasteiger partial charge is 0.489 e. The van der Waals surface area contributed by atoms with Crippen molar-refractivity contribution < 1.29 is 9.53 Å². The van der Waals surface area contributed by atoms with E-state index < -0.39 is 0 Å². The van der Waals surface area contributed by atoms with Crippen LogP contribution in [-0.2, 0) is 6.54 Å². The fourth-order valence-corrected chi connectivity index (χ4v) is 2.84. The van der Waals surface area contributed by atoms with Crippen LogP contribution in [0.4, 0.5) is 11.4 Å². The van der Waals surface area contributed by atoms with Crippen molar-refractivity contribution >= 4 is 17.3 Å². The van der Waals surface area contributed by atoms with Crippen LogP contribution in [0.5, 0.6) is 5.75 Å². The Balaban J connectivity index is 1.74. The molecule has 0 unspecified atom stereocenters. The molecule has 0 aliphatic heterocycles. The fourth-order valence-electron chi connectivity index (χ4n) is 2.84. The summed E-state index contributed by atoms with van der Waals surface area (Å²) in [6, 6.07) is 21.3.